The van der Waals surface area contributed by atoms with Gasteiger partial charge < -0.3 is 5.73 Å². The molecule has 0 radical (unpaired) electrons. The first-order chi connectivity index (χ1) is 9.54. The summed E-state index contributed by atoms with van der Waals surface area (Å²) in [5.41, 5.74) is 5.48. The van der Waals surface area contributed by atoms with Gasteiger partial charge in [0.1, 0.15) is 11.9 Å². The number of nitrogens with zero attached hydrogens (tertiary/aromatic N) is 2. The van der Waals surface area contributed by atoms with Gasteiger partial charge in [-0.2, -0.15) is 5.26 Å². The lowest BCUT2D eigenvalue weighted by Crippen LogP contribution is -2.40. The fraction of sp³-hybridized carbons (Fsp3) is 0.429. The summed E-state index contributed by atoms with van der Waals surface area (Å²) in [6.07, 6.45) is 1.17. The van der Waals surface area contributed by atoms with Crippen molar-refractivity contribution < 1.29 is 9.18 Å². The second kappa shape index (κ2) is 6.21. The highest BCUT2D eigenvalue weighted by atomic mass is 35.5. The number of hydrogen-bond acceptors (Lipinski definition) is 3. The topological polar surface area (TPSA) is 70.1 Å². The molecule has 1 amide bonds. The van der Waals surface area contributed by atoms with Crippen LogP contribution in [-0.2, 0) is 4.79 Å². The fourth-order valence-corrected chi connectivity index (χ4v) is 2.81. The van der Waals surface area contributed by atoms with Gasteiger partial charge in [0.05, 0.1) is 6.07 Å². The highest BCUT2D eigenvalue weighted by molar-refractivity contribution is 6.31. The zero-order valence-corrected chi connectivity index (χ0v) is 11.6. The van der Waals surface area contributed by atoms with Crippen LogP contribution in [0.4, 0.5) is 4.39 Å². The molecule has 1 unspecified atom stereocenters. The van der Waals surface area contributed by atoms with Gasteiger partial charge in [0, 0.05) is 29.6 Å². The van der Waals surface area contributed by atoms with Crippen molar-refractivity contribution in [2.75, 3.05) is 13.1 Å². The number of halogens is 2. The molecule has 20 heavy (non-hydrogen) atoms. The third-order valence-electron chi connectivity index (χ3n) is 3.69. The maximum Gasteiger partial charge on any atom is 0.220 e. The Morgan fingerprint density at radius 1 is 1.50 bits per heavy atom. The lowest BCUT2D eigenvalue weighted by Gasteiger charge is -2.34. The van der Waals surface area contributed by atoms with E-state index in [1.165, 1.54) is 12.1 Å². The number of piperidine rings is 1. The smallest absolute Gasteiger partial charge is 0.220 e. The standard InChI is InChI=1S/C14H15ClFN3O/c15-10-2-1-3-11(16)13(10)12(8-17)19-6-4-9(5-7-19)14(18)20/h1-3,9,12H,4-7H2,(H2,18,20). The van der Waals surface area contributed by atoms with Crippen LogP contribution in [0.25, 0.3) is 0 Å². The SMILES string of the molecule is N#CC(c1c(F)cccc1Cl)N1CCC(C(N)=O)CC1. The van der Waals surface area contributed by atoms with Gasteiger partial charge in [-0.05, 0) is 25.0 Å². The van der Waals surface area contributed by atoms with Gasteiger partial charge >= 0.3 is 0 Å². The number of nitriles is 1. The maximum atomic E-state index is 13.9. The second-order valence-electron chi connectivity index (χ2n) is 4.88. The molecule has 1 heterocycles. The van der Waals surface area contributed by atoms with E-state index in [0.29, 0.717) is 25.9 Å². The highest BCUT2D eigenvalue weighted by Crippen LogP contribution is 2.32. The lowest BCUT2D eigenvalue weighted by atomic mass is 9.94. The van der Waals surface area contributed by atoms with Gasteiger partial charge in [0.25, 0.3) is 0 Å². The molecule has 1 aliphatic rings. The molecule has 0 spiro atoms. The number of benzene rings is 1. The summed E-state index contributed by atoms with van der Waals surface area (Å²) < 4.78 is 13.9. The monoisotopic (exact) mass is 295 g/mol. The van der Waals surface area contributed by atoms with E-state index in [-0.39, 0.29) is 22.4 Å². The molecule has 106 valence electrons. The van der Waals surface area contributed by atoms with Crippen LogP contribution in [0.3, 0.4) is 0 Å². The molecule has 0 bridgehead atoms. The largest absolute Gasteiger partial charge is 0.369 e. The van der Waals surface area contributed by atoms with Crippen molar-refractivity contribution in [1.29, 1.82) is 5.26 Å². The van der Waals surface area contributed by atoms with E-state index in [1.807, 2.05) is 4.90 Å². The number of carbonyl (C=O) groups excluding carboxylic acids is 1. The average molecular weight is 296 g/mol. The summed E-state index contributed by atoms with van der Waals surface area (Å²) in [6, 6.07) is 5.73. The molecule has 6 heteroatoms. The molecule has 1 saturated heterocycles. The third kappa shape index (κ3) is 2.92. The Kier molecular flexibility index (Phi) is 4.58. The molecule has 1 fully saturated rings. The van der Waals surface area contributed by atoms with Gasteiger partial charge in [-0.3, -0.25) is 9.69 Å². The first kappa shape index (κ1) is 14.8. The second-order valence-corrected chi connectivity index (χ2v) is 5.29. The summed E-state index contributed by atoms with van der Waals surface area (Å²) >= 11 is 6.01. The van der Waals surface area contributed by atoms with Gasteiger partial charge in [0.15, 0.2) is 0 Å². The van der Waals surface area contributed by atoms with Crippen LogP contribution >= 0.6 is 11.6 Å². The first-order valence-electron chi connectivity index (χ1n) is 6.41. The Bertz CT molecular complexity index is 530. The summed E-state index contributed by atoms with van der Waals surface area (Å²) in [5, 5.41) is 9.59. The molecule has 2 N–H and O–H groups in total. The van der Waals surface area contributed by atoms with Crippen LogP contribution in [-0.4, -0.2) is 23.9 Å². The Labute approximate surface area is 121 Å². The molecule has 4 nitrogen and oxygen atoms in total. The summed E-state index contributed by atoms with van der Waals surface area (Å²) in [4.78, 5) is 13.0. The van der Waals surface area contributed by atoms with Crippen LogP contribution < -0.4 is 5.73 Å². The zero-order valence-electron chi connectivity index (χ0n) is 10.9. The predicted molar refractivity (Wildman–Crippen MR) is 73.3 cm³/mol. The van der Waals surface area contributed by atoms with Gasteiger partial charge in [-0.15, -0.1) is 0 Å². The Hall–Kier alpha value is -1.64. The number of hydrogen-bond donors (Lipinski definition) is 1. The van der Waals surface area contributed by atoms with Crippen LogP contribution in [0.2, 0.25) is 5.02 Å². The van der Waals surface area contributed by atoms with Crippen LogP contribution in [0.5, 0.6) is 0 Å². The van der Waals surface area contributed by atoms with E-state index < -0.39 is 11.9 Å². The van der Waals surface area contributed by atoms with Gasteiger partial charge in [-0.25, -0.2) is 4.39 Å². The van der Waals surface area contributed by atoms with E-state index >= 15 is 0 Å². The normalized spacial score (nSPS) is 18.4. The molecular weight excluding hydrogens is 281 g/mol. The molecule has 0 aliphatic carbocycles. The van der Waals surface area contributed by atoms with Gasteiger partial charge in [0.2, 0.25) is 5.91 Å². The van der Waals surface area contributed by atoms with Crippen molar-refractivity contribution >= 4 is 17.5 Å². The van der Waals surface area contributed by atoms with Gasteiger partial charge in [-0.1, -0.05) is 17.7 Å². The van der Waals surface area contributed by atoms with Crippen molar-refractivity contribution in [2.45, 2.75) is 18.9 Å². The predicted octanol–water partition coefficient (Wildman–Crippen LogP) is 2.24. The minimum Gasteiger partial charge on any atom is -0.369 e. The van der Waals surface area contributed by atoms with E-state index in [9.17, 15) is 14.4 Å². The van der Waals surface area contributed by atoms with Crippen molar-refractivity contribution in [1.82, 2.24) is 4.90 Å². The van der Waals surface area contributed by atoms with E-state index in [4.69, 9.17) is 17.3 Å². The number of carbonyl (C=O) groups is 1. The maximum absolute atomic E-state index is 13.9. The van der Waals surface area contributed by atoms with Crippen molar-refractivity contribution in [3.63, 3.8) is 0 Å². The van der Waals surface area contributed by atoms with Crippen molar-refractivity contribution in [2.24, 2.45) is 11.7 Å². The quantitative estimate of drug-likeness (QED) is 0.929. The highest BCUT2D eigenvalue weighted by Gasteiger charge is 2.30. The molecule has 0 saturated carbocycles. The summed E-state index contributed by atoms with van der Waals surface area (Å²) in [5.74, 6) is -0.968. The molecule has 1 aromatic carbocycles. The minimum atomic E-state index is -0.738. The average Bonchev–Trinajstić information content (AvgIpc) is 2.43. The van der Waals surface area contributed by atoms with E-state index in [2.05, 4.69) is 6.07 Å². The molecule has 1 aromatic rings. The lowest BCUT2D eigenvalue weighted by molar-refractivity contribution is -0.123. The third-order valence-corrected chi connectivity index (χ3v) is 4.02. The number of nitrogens with two attached hydrogens (primary N) is 1. The number of rotatable bonds is 3. The Morgan fingerprint density at radius 2 is 2.15 bits per heavy atom. The summed E-state index contributed by atoms with van der Waals surface area (Å²) in [7, 11) is 0. The van der Waals surface area contributed by atoms with Crippen LogP contribution in [0, 0.1) is 23.1 Å². The van der Waals surface area contributed by atoms with Crippen LogP contribution in [0.1, 0.15) is 24.4 Å². The van der Waals surface area contributed by atoms with Crippen LogP contribution in [0.15, 0.2) is 18.2 Å². The Balaban J connectivity index is 2.19. The molecule has 1 atom stereocenters. The molecular formula is C14H15ClFN3O. The van der Waals surface area contributed by atoms with Crippen molar-refractivity contribution in [3.8, 4) is 6.07 Å². The van der Waals surface area contributed by atoms with E-state index in [1.54, 1.807) is 6.07 Å². The van der Waals surface area contributed by atoms with Crippen molar-refractivity contribution in [3.05, 3.63) is 34.6 Å². The molecule has 0 aromatic heterocycles. The molecule has 1 aliphatic heterocycles. The van der Waals surface area contributed by atoms with E-state index in [0.717, 1.165) is 0 Å². The molecule has 2 rings (SSSR count). The number of amides is 1. The Morgan fingerprint density at radius 3 is 2.65 bits per heavy atom. The minimum absolute atomic E-state index is 0.165. The first-order valence-corrected chi connectivity index (χ1v) is 6.79. The zero-order chi connectivity index (χ0) is 14.7. The fourth-order valence-electron chi connectivity index (χ4n) is 2.54. The number of likely N-dealkylation sites (tertiary alicyclic amines) is 1. The number of primary amides is 1. The summed E-state index contributed by atoms with van der Waals surface area (Å²) in [6.45, 7) is 1.05.